The third kappa shape index (κ3) is 8.68. The predicted octanol–water partition coefficient (Wildman–Crippen LogP) is 5.92. The van der Waals surface area contributed by atoms with E-state index in [1.807, 2.05) is 42.5 Å². The number of urea groups is 1. The molecule has 0 atom stereocenters. The summed E-state index contributed by atoms with van der Waals surface area (Å²) in [7, 11) is 0. The molecule has 3 aromatic rings. The summed E-state index contributed by atoms with van der Waals surface area (Å²) in [6, 6.07) is 19.5. The van der Waals surface area contributed by atoms with Crippen LogP contribution in [0.15, 0.2) is 71.3 Å². The molecule has 0 unspecified atom stereocenters. The molecular weight excluding hydrogens is 516 g/mol. The lowest BCUT2D eigenvalue weighted by Crippen LogP contribution is -2.48. The van der Waals surface area contributed by atoms with Crippen LogP contribution < -0.4 is 5.32 Å². The van der Waals surface area contributed by atoms with Crippen molar-refractivity contribution in [1.82, 2.24) is 14.7 Å². The summed E-state index contributed by atoms with van der Waals surface area (Å²) in [6.45, 7) is 13.3. The summed E-state index contributed by atoms with van der Waals surface area (Å²) < 4.78 is 11.1. The highest BCUT2D eigenvalue weighted by Gasteiger charge is 2.25. The SMILES string of the molecule is CC(C)c1cccc(C(C)C)c1NC(=O)N(CCN1CCOCC1)CC(=O)N(Cc1ccccc1)Cc1ccco1. The summed E-state index contributed by atoms with van der Waals surface area (Å²) in [5.41, 5.74) is 4.05. The Hall–Kier alpha value is -3.62. The lowest BCUT2D eigenvalue weighted by Gasteiger charge is -2.32. The molecular formula is C33H44N4O4. The van der Waals surface area contributed by atoms with Crippen molar-refractivity contribution in [3.05, 3.63) is 89.4 Å². The van der Waals surface area contributed by atoms with Gasteiger partial charge in [0, 0.05) is 38.4 Å². The molecule has 1 saturated heterocycles. The van der Waals surface area contributed by atoms with Gasteiger partial charge in [-0.15, -0.1) is 0 Å². The van der Waals surface area contributed by atoms with Crippen molar-refractivity contribution in [3.63, 3.8) is 0 Å². The number of amides is 3. The summed E-state index contributed by atoms with van der Waals surface area (Å²) in [6.07, 6.45) is 1.61. The first-order valence-electron chi connectivity index (χ1n) is 14.6. The van der Waals surface area contributed by atoms with E-state index in [4.69, 9.17) is 9.15 Å². The van der Waals surface area contributed by atoms with Crippen LogP contribution in [-0.4, -0.2) is 72.6 Å². The Kier molecular flexibility index (Phi) is 11.0. The number of benzene rings is 2. The topological polar surface area (TPSA) is 78.3 Å². The van der Waals surface area contributed by atoms with Crippen molar-refractivity contribution in [2.45, 2.75) is 52.6 Å². The van der Waals surface area contributed by atoms with Crippen molar-refractivity contribution in [2.24, 2.45) is 0 Å². The van der Waals surface area contributed by atoms with Crippen LogP contribution in [0, 0.1) is 0 Å². The van der Waals surface area contributed by atoms with E-state index in [9.17, 15) is 9.59 Å². The minimum Gasteiger partial charge on any atom is -0.467 e. The first kappa shape index (κ1) is 30.3. The number of hydrogen-bond acceptors (Lipinski definition) is 5. The Morgan fingerprint density at radius 3 is 2.15 bits per heavy atom. The maximum absolute atomic E-state index is 14.0. The number of para-hydroxylation sites is 1. The highest BCUT2D eigenvalue weighted by atomic mass is 16.5. The molecule has 1 N–H and O–H groups in total. The van der Waals surface area contributed by atoms with Crippen molar-refractivity contribution in [3.8, 4) is 0 Å². The molecule has 4 rings (SSSR count). The monoisotopic (exact) mass is 560 g/mol. The van der Waals surface area contributed by atoms with E-state index in [0.29, 0.717) is 45.2 Å². The van der Waals surface area contributed by atoms with Crippen LogP contribution in [0.25, 0.3) is 0 Å². The second-order valence-electron chi connectivity index (χ2n) is 11.2. The second-order valence-corrected chi connectivity index (χ2v) is 11.2. The average molecular weight is 561 g/mol. The van der Waals surface area contributed by atoms with Gasteiger partial charge in [0.15, 0.2) is 0 Å². The fourth-order valence-electron chi connectivity index (χ4n) is 5.11. The molecule has 1 aliphatic heterocycles. The van der Waals surface area contributed by atoms with Gasteiger partial charge in [-0.05, 0) is 40.7 Å². The minimum absolute atomic E-state index is 0.0371. The van der Waals surface area contributed by atoms with Gasteiger partial charge >= 0.3 is 6.03 Å². The van der Waals surface area contributed by atoms with E-state index in [2.05, 4.69) is 56.1 Å². The molecule has 2 heterocycles. The molecule has 0 spiro atoms. The third-order valence-corrected chi connectivity index (χ3v) is 7.50. The second kappa shape index (κ2) is 14.8. The largest absolute Gasteiger partial charge is 0.467 e. The Morgan fingerprint density at radius 1 is 0.854 bits per heavy atom. The van der Waals surface area contributed by atoms with Crippen molar-refractivity contribution >= 4 is 17.6 Å². The number of hydrogen-bond donors (Lipinski definition) is 1. The summed E-state index contributed by atoms with van der Waals surface area (Å²) in [5.74, 6) is 1.04. The third-order valence-electron chi connectivity index (χ3n) is 7.50. The fourth-order valence-corrected chi connectivity index (χ4v) is 5.11. The van der Waals surface area contributed by atoms with Crippen LogP contribution in [0.2, 0.25) is 0 Å². The van der Waals surface area contributed by atoms with Gasteiger partial charge in [-0.25, -0.2) is 4.79 Å². The first-order chi connectivity index (χ1) is 19.8. The summed E-state index contributed by atoms with van der Waals surface area (Å²) in [5, 5.41) is 3.22. The molecule has 0 aliphatic carbocycles. The Bertz CT molecular complexity index is 1210. The number of ether oxygens (including phenoxy) is 1. The number of nitrogens with one attached hydrogen (secondary N) is 1. The lowest BCUT2D eigenvalue weighted by molar-refractivity contribution is -0.133. The van der Waals surface area contributed by atoms with Crippen LogP contribution in [0.1, 0.15) is 62.0 Å². The molecule has 220 valence electrons. The van der Waals surface area contributed by atoms with Crippen molar-refractivity contribution in [2.75, 3.05) is 51.3 Å². The van der Waals surface area contributed by atoms with E-state index in [1.165, 1.54) is 0 Å². The molecule has 8 nitrogen and oxygen atoms in total. The van der Waals surface area contributed by atoms with Crippen molar-refractivity contribution in [1.29, 1.82) is 0 Å². The van der Waals surface area contributed by atoms with E-state index >= 15 is 0 Å². The Morgan fingerprint density at radius 2 is 1.54 bits per heavy atom. The number of carbonyl (C=O) groups excluding carboxylic acids is 2. The smallest absolute Gasteiger partial charge is 0.322 e. The normalized spacial score (nSPS) is 13.9. The number of furan rings is 1. The standard InChI is InChI=1S/C33H44N4O4/c1-25(2)29-13-8-14-30(26(3)4)32(29)34-33(39)36(16-15-35-17-20-40-21-18-35)24-31(38)37(23-28-12-9-19-41-28)22-27-10-6-5-7-11-27/h5-14,19,25-26H,15-18,20-24H2,1-4H3,(H,34,39). The zero-order chi connectivity index (χ0) is 29.2. The van der Waals surface area contributed by atoms with Gasteiger partial charge in [-0.2, -0.15) is 0 Å². The van der Waals surface area contributed by atoms with Crippen LogP contribution in [-0.2, 0) is 22.6 Å². The maximum atomic E-state index is 14.0. The van der Waals surface area contributed by atoms with Gasteiger partial charge in [0.05, 0.1) is 26.0 Å². The van der Waals surface area contributed by atoms with E-state index < -0.39 is 0 Å². The van der Waals surface area contributed by atoms with Crippen LogP contribution in [0.5, 0.6) is 0 Å². The van der Waals surface area contributed by atoms with E-state index in [0.717, 1.165) is 35.5 Å². The Balaban J connectivity index is 1.57. The van der Waals surface area contributed by atoms with E-state index in [-0.39, 0.29) is 30.3 Å². The molecule has 41 heavy (non-hydrogen) atoms. The molecule has 1 aromatic heterocycles. The Labute approximate surface area is 244 Å². The molecule has 1 fully saturated rings. The van der Waals surface area contributed by atoms with Crippen molar-refractivity contribution < 1.29 is 18.7 Å². The first-order valence-corrected chi connectivity index (χ1v) is 14.6. The number of morpholine rings is 1. The molecule has 8 heteroatoms. The molecule has 0 radical (unpaired) electrons. The van der Waals surface area contributed by atoms with Gasteiger partial charge in [0.1, 0.15) is 12.3 Å². The van der Waals surface area contributed by atoms with Gasteiger partial charge in [0.2, 0.25) is 5.91 Å². The molecule has 1 aliphatic rings. The predicted molar refractivity (Wildman–Crippen MR) is 162 cm³/mol. The van der Waals surface area contributed by atoms with Gasteiger partial charge < -0.3 is 24.3 Å². The molecule has 2 aromatic carbocycles. The average Bonchev–Trinajstić information content (AvgIpc) is 3.49. The van der Waals surface area contributed by atoms with Crippen LogP contribution >= 0.6 is 0 Å². The van der Waals surface area contributed by atoms with Gasteiger partial charge in [-0.1, -0.05) is 76.2 Å². The minimum atomic E-state index is -0.265. The molecule has 3 amide bonds. The van der Waals surface area contributed by atoms with Crippen LogP contribution in [0.3, 0.4) is 0 Å². The van der Waals surface area contributed by atoms with E-state index in [1.54, 1.807) is 16.1 Å². The number of rotatable bonds is 12. The summed E-state index contributed by atoms with van der Waals surface area (Å²) >= 11 is 0. The number of anilines is 1. The maximum Gasteiger partial charge on any atom is 0.322 e. The highest BCUT2D eigenvalue weighted by Crippen LogP contribution is 2.32. The molecule has 0 bridgehead atoms. The number of carbonyl (C=O) groups is 2. The van der Waals surface area contributed by atoms with Gasteiger partial charge in [0.25, 0.3) is 0 Å². The lowest BCUT2D eigenvalue weighted by atomic mass is 9.93. The molecule has 0 saturated carbocycles. The fraction of sp³-hybridized carbons (Fsp3) is 0.455. The summed E-state index contributed by atoms with van der Waals surface area (Å²) in [4.78, 5) is 33.5. The zero-order valence-corrected chi connectivity index (χ0v) is 24.8. The zero-order valence-electron chi connectivity index (χ0n) is 24.8. The number of nitrogens with zero attached hydrogens (tertiary/aromatic N) is 3. The van der Waals surface area contributed by atoms with Crippen LogP contribution in [0.4, 0.5) is 10.5 Å². The quantitative estimate of drug-likeness (QED) is 0.298. The van der Waals surface area contributed by atoms with Gasteiger partial charge in [-0.3, -0.25) is 9.69 Å². The highest BCUT2D eigenvalue weighted by molar-refractivity contribution is 5.94.